The van der Waals surface area contributed by atoms with Crippen molar-refractivity contribution in [3.63, 3.8) is 0 Å². The van der Waals surface area contributed by atoms with Crippen molar-refractivity contribution in [2.75, 3.05) is 25.0 Å². The molecule has 2 aromatic carbocycles. The number of rotatable bonds is 34. The van der Waals surface area contributed by atoms with Gasteiger partial charge in [0.15, 0.2) is 6.10 Å². The van der Waals surface area contributed by atoms with Crippen LogP contribution in [-0.4, -0.2) is 134 Å². The maximum absolute atomic E-state index is 15.4. The molecule has 23 nitrogen and oxygen atoms in total. The Morgan fingerprint density at radius 1 is 0.872 bits per heavy atom. The number of benzene rings is 2. The lowest BCUT2D eigenvalue weighted by Gasteiger charge is -2.40. The van der Waals surface area contributed by atoms with E-state index in [0.29, 0.717) is 54.9 Å². The number of aromatic hydroxyl groups is 1. The zero-order valence-electron chi connectivity index (χ0n) is 52.0. The van der Waals surface area contributed by atoms with Gasteiger partial charge in [0.05, 0.1) is 11.5 Å². The zero-order chi connectivity index (χ0) is 64.1. The summed E-state index contributed by atoms with van der Waals surface area (Å²) in [5.41, 5.74) is 10.4. The first kappa shape index (κ1) is 71.1. The SMILES string of the molecule is CCCCCCN(C(=O)[C@@H](NC(=O)[C@@]1(C)CCCN1C(=O)OCc1ccc(NC(=O)[C@H](CCCNC(N)=O)NC(=O)[C@@H](N)C(C)C)cc1)[C@@H](C)CC)[C@H](C[C@@H](OC(C)=O)c1nc(C(=O)N[C@@H](Cc2ccc(O)cc2)CC(C)(C)C(=O)O)cs1)C(C)C. The Hall–Kier alpha value is -7.34. The van der Waals surface area contributed by atoms with Crippen LogP contribution in [0.2, 0.25) is 0 Å². The summed E-state index contributed by atoms with van der Waals surface area (Å²) >= 11 is 1.11. The van der Waals surface area contributed by atoms with Crippen molar-refractivity contribution in [2.45, 2.75) is 202 Å². The molecule has 476 valence electrons. The second-order valence-corrected chi connectivity index (χ2v) is 25.0. The number of carboxylic acids is 1. The highest BCUT2D eigenvalue weighted by molar-refractivity contribution is 7.09. The van der Waals surface area contributed by atoms with E-state index >= 15 is 4.79 Å². The van der Waals surface area contributed by atoms with Gasteiger partial charge >= 0.3 is 24.1 Å². The molecule has 8 amide bonds. The van der Waals surface area contributed by atoms with Crippen LogP contribution in [-0.2, 0) is 51.3 Å². The molecule has 11 N–H and O–H groups in total. The third-order valence-electron chi connectivity index (χ3n) is 15.9. The Morgan fingerprint density at radius 3 is 2.13 bits per heavy atom. The van der Waals surface area contributed by atoms with Crippen molar-refractivity contribution in [3.05, 3.63) is 75.7 Å². The number of nitrogens with two attached hydrogens (primary N) is 2. The normalized spacial score (nSPS) is 16.6. The maximum atomic E-state index is 15.4. The Bertz CT molecular complexity index is 2760. The van der Waals surface area contributed by atoms with Crippen LogP contribution in [0.25, 0.3) is 0 Å². The number of ether oxygens (including phenoxy) is 2. The Morgan fingerprint density at radius 2 is 1.53 bits per heavy atom. The van der Waals surface area contributed by atoms with Crippen LogP contribution in [0.15, 0.2) is 53.9 Å². The standard InChI is InChI=1S/C62H94N10O13S/c1-12-14-15-16-30-71(48(37(3)4)33-49(85-40(8)73)55-69-47(36-86-55)53(76)67-44(34-61(9,10)58(80)81)32-41-22-26-45(74)27-23-41)56(78)51(39(7)13-2)70-57(79)62(11)28-18-31-72(62)60(83)84-35-42-20-24-43(25-21-42)66-52(75)46(19-17-29-65-59(64)82)68-54(77)50(63)38(5)6/h20-27,36-39,44,46,48-51,74H,12-19,28-35,63H2,1-11H3,(H,66,75)(H,67,76)(H,68,77)(H,70,79)(H,80,81)(H3,64,65,82)/t39-,44-,46-,48+,49+,50-,51-,62+/m0/s1. The second kappa shape index (κ2) is 33.5. The van der Waals surface area contributed by atoms with Gasteiger partial charge in [-0.25, -0.2) is 14.6 Å². The lowest BCUT2D eigenvalue weighted by molar-refractivity contribution is -0.150. The number of urea groups is 1. The van der Waals surface area contributed by atoms with E-state index < -0.39 is 95.0 Å². The van der Waals surface area contributed by atoms with E-state index in [4.69, 9.17) is 20.9 Å². The van der Waals surface area contributed by atoms with E-state index in [2.05, 4.69) is 38.5 Å². The molecule has 8 atom stereocenters. The maximum Gasteiger partial charge on any atom is 0.410 e. The van der Waals surface area contributed by atoms with Gasteiger partial charge in [0.25, 0.3) is 5.91 Å². The fraction of sp³-hybridized carbons (Fsp3) is 0.613. The third kappa shape index (κ3) is 21.3. The first-order valence-corrected chi connectivity index (χ1v) is 30.9. The number of hydrogen-bond acceptors (Lipinski definition) is 15. The van der Waals surface area contributed by atoms with Gasteiger partial charge in [-0.1, -0.05) is 98.4 Å². The van der Waals surface area contributed by atoms with Crippen molar-refractivity contribution in [1.29, 1.82) is 0 Å². The van der Waals surface area contributed by atoms with Gasteiger partial charge in [-0.15, -0.1) is 11.3 Å². The van der Waals surface area contributed by atoms with Gasteiger partial charge in [-0.05, 0) is 119 Å². The summed E-state index contributed by atoms with van der Waals surface area (Å²) < 4.78 is 11.8. The molecule has 1 fully saturated rings. The minimum Gasteiger partial charge on any atom is -0.508 e. The van der Waals surface area contributed by atoms with Crippen molar-refractivity contribution >= 4 is 70.6 Å². The van der Waals surface area contributed by atoms with E-state index in [1.807, 2.05) is 27.7 Å². The average molecular weight is 1220 g/mol. The number of likely N-dealkylation sites (tertiary alicyclic amines) is 1. The Labute approximate surface area is 510 Å². The molecule has 86 heavy (non-hydrogen) atoms. The van der Waals surface area contributed by atoms with Crippen LogP contribution in [0.1, 0.15) is 180 Å². The smallest absolute Gasteiger partial charge is 0.410 e. The monoisotopic (exact) mass is 1220 g/mol. The summed E-state index contributed by atoms with van der Waals surface area (Å²) in [7, 11) is 0. The molecule has 0 aliphatic carbocycles. The number of thiazole rings is 1. The van der Waals surface area contributed by atoms with Gasteiger partial charge in [0, 0.05) is 56.1 Å². The summed E-state index contributed by atoms with van der Waals surface area (Å²) in [4.78, 5) is 128. The minimum absolute atomic E-state index is 0.0301. The number of esters is 1. The van der Waals surface area contributed by atoms with Crippen molar-refractivity contribution in [2.24, 2.45) is 34.6 Å². The molecule has 2 heterocycles. The van der Waals surface area contributed by atoms with E-state index in [1.165, 1.54) is 24.0 Å². The van der Waals surface area contributed by atoms with Gasteiger partial charge in [0.2, 0.25) is 23.6 Å². The molecule has 1 saturated heterocycles. The fourth-order valence-electron chi connectivity index (χ4n) is 10.3. The predicted molar refractivity (Wildman–Crippen MR) is 327 cm³/mol. The summed E-state index contributed by atoms with van der Waals surface area (Å²) in [6.45, 7) is 20.0. The lowest BCUT2D eigenvalue weighted by Crippen LogP contribution is -2.62. The largest absolute Gasteiger partial charge is 0.508 e. The molecule has 1 aliphatic rings. The van der Waals surface area contributed by atoms with E-state index in [-0.39, 0.29) is 80.5 Å². The number of anilines is 1. The van der Waals surface area contributed by atoms with Crippen LogP contribution in [0.3, 0.4) is 0 Å². The number of hydrogen-bond donors (Lipinski definition) is 9. The fourth-order valence-corrected chi connectivity index (χ4v) is 11.1. The van der Waals surface area contributed by atoms with Crippen LogP contribution in [0, 0.1) is 23.2 Å². The Balaban J connectivity index is 1.53. The number of aromatic nitrogens is 1. The summed E-state index contributed by atoms with van der Waals surface area (Å²) in [6, 6.07) is 8.21. The van der Waals surface area contributed by atoms with E-state index in [1.54, 1.807) is 81.3 Å². The molecule has 24 heteroatoms. The topological polar surface area (TPSA) is 344 Å². The number of aliphatic carboxylic acids is 1. The van der Waals surface area contributed by atoms with E-state index in [0.717, 1.165) is 36.2 Å². The molecule has 4 rings (SSSR count). The molecule has 0 unspecified atom stereocenters. The van der Waals surface area contributed by atoms with Crippen LogP contribution in [0.5, 0.6) is 5.75 Å². The molecule has 0 radical (unpaired) electrons. The predicted octanol–water partition coefficient (Wildman–Crippen LogP) is 7.70. The highest BCUT2D eigenvalue weighted by Gasteiger charge is 2.49. The lowest BCUT2D eigenvalue weighted by atomic mass is 9.84. The van der Waals surface area contributed by atoms with Gasteiger partial charge in [-0.3, -0.25) is 38.5 Å². The molecule has 1 aromatic heterocycles. The van der Waals surface area contributed by atoms with Crippen molar-refractivity contribution < 1.29 is 62.8 Å². The number of phenolic OH excluding ortho intramolecular Hbond substituents is 1. The van der Waals surface area contributed by atoms with E-state index in [9.17, 15) is 48.6 Å². The van der Waals surface area contributed by atoms with Crippen LogP contribution < -0.4 is 38.1 Å². The van der Waals surface area contributed by atoms with Crippen LogP contribution in [0.4, 0.5) is 15.3 Å². The van der Waals surface area contributed by atoms with Crippen molar-refractivity contribution in [3.8, 4) is 5.75 Å². The first-order chi connectivity index (χ1) is 40.5. The summed E-state index contributed by atoms with van der Waals surface area (Å²) in [6.07, 6.45) is 3.89. The number of amides is 8. The quantitative estimate of drug-likeness (QED) is 0.0204. The molecule has 0 spiro atoms. The van der Waals surface area contributed by atoms with Crippen molar-refractivity contribution in [1.82, 2.24) is 36.1 Å². The molecular formula is C62H94N10O13S. The summed E-state index contributed by atoms with van der Waals surface area (Å²) in [5.74, 6) is -4.76. The zero-order valence-corrected chi connectivity index (χ0v) is 52.8. The molecule has 1 aliphatic heterocycles. The number of nitrogens with zero attached hydrogens (tertiary/aromatic N) is 3. The second-order valence-electron chi connectivity index (χ2n) is 24.1. The Kier molecular flexibility index (Phi) is 27.7. The average Bonchev–Trinajstić information content (AvgIpc) is 3.95. The summed E-state index contributed by atoms with van der Waals surface area (Å²) in [5, 5.41) is 35.7. The number of unbranched alkanes of at least 4 members (excludes halogenated alkanes) is 3. The molecule has 3 aromatic rings. The highest BCUT2D eigenvalue weighted by Crippen LogP contribution is 2.34. The molecular weight excluding hydrogens is 1120 g/mol. The number of primary amides is 1. The minimum atomic E-state index is -1.39. The van der Waals surface area contributed by atoms with Crippen LogP contribution >= 0.6 is 11.3 Å². The first-order valence-electron chi connectivity index (χ1n) is 30.0. The van der Waals surface area contributed by atoms with Gasteiger partial charge in [-0.2, -0.15) is 0 Å². The molecule has 0 saturated carbocycles. The number of carbonyl (C=O) groups excluding carboxylic acids is 8. The molecule has 0 bridgehead atoms. The number of carbonyl (C=O) groups is 9. The highest BCUT2D eigenvalue weighted by atomic mass is 32.1. The third-order valence-corrected chi connectivity index (χ3v) is 16.8. The number of carboxylic acid groups (broad SMARTS) is 1. The number of phenols is 1. The number of nitrogens with one attached hydrogen (secondary N) is 5. The van der Waals surface area contributed by atoms with Gasteiger partial charge in [0.1, 0.15) is 40.7 Å². The van der Waals surface area contributed by atoms with Gasteiger partial charge < -0.3 is 62.6 Å².